The van der Waals surface area contributed by atoms with Crippen LogP contribution in [0.3, 0.4) is 0 Å². The fourth-order valence-corrected chi connectivity index (χ4v) is 3.84. The molecule has 3 aromatic rings. The largest absolute Gasteiger partial charge is 0.494 e. The van der Waals surface area contributed by atoms with Crippen LogP contribution in [0.4, 0.5) is 4.39 Å². The Morgan fingerprint density at radius 1 is 1.21 bits per heavy atom. The van der Waals surface area contributed by atoms with Gasteiger partial charge in [0.1, 0.15) is 0 Å². The molecule has 0 radical (unpaired) electrons. The molecule has 0 bridgehead atoms. The third-order valence-corrected chi connectivity index (χ3v) is 5.33. The van der Waals surface area contributed by atoms with Gasteiger partial charge in [0.15, 0.2) is 16.7 Å². The molecule has 0 aliphatic carbocycles. The van der Waals surface area contributed by atoms with Crippen molar-refractivity contribution in [2.24, 2.45) is 0 Å². The Bertz CT molecular complexity index is 1010. The van der Waals surface area contributed by atoms with Gasteiger partial charge in [0.2, 0.25) is 0 Å². The Hall–Kier alpha value is -2.38. The average molecular weight is 402 g/mol. The van der Waals surface area contributed by atoms with Crippen molar-refractivity contribution in [1.29, 1.82) is 0 Å². The van der Waals surface area contributed by atoms with Crippen LogP contribution in [0.2, 0.25) is 0 Å². The van der Waals surface area contributed by atoms with E-state index in [0.717, 1.165) is 12.0 Å². The maximum absolute atomic E-state index is 13.9. The topological polar surface area (TPSA) is 53.4 Å². The van der Waals surface area contributed by atoms with Crippen molar-refractivity contribution in [3.05, 3.63) is 64.2 Å². The maximum Gasteiger partial charge on any atom is 0.262 e. The molecule has 0 atom stereocenters. The number of halogens is 1. The molecule has 0 spiro atoms. The molecule has 0 saturated carbocycles. The molecule has 0 aliphatic heterocycles. The molecule has 7 heteroatoms. The second-order valence-electron chi connectivity index (χ2n) is 6.18. The maximum atomic E-state index is 13.9. The van der Waals surface area contributed by atoms with Crippen LogP contribution < -0.4 is 10.3 Å². The van der Waals surface area contributed by atoms with E-state index >= 15 is 0 Å². The molecule has 0 saturated heterocycles. The Kier molecular flexibility index (Phi) is 7.06. The molecular weight excluding hydrogens is 379 g/mol. The molecule has 0 unspecified atom stereocenters. The summed E-state index contributed by atoms with van der Waals surface area (Å²) < 4.78 is 26.0. The Morgan fingerprint density at radius 2 is 2.04 bits per heavy atom. The van der Waals surface area contributed by atoms with Crippen LogP contribution in [0.1, 0.15) is 18.9 Å². The number of hydrogen-bond donors (Lipinski definition) is 0. The molecule has 0 fully saturated rings. The highest BCUT2D eigenvalue weighted by atomic mass is 32.2. The summed E-state index contributed by atoms with van der Waals surface area (Å²) >= 11 is 1.42. The predicted octanol–water partition coefficient (Wildman–Crippen LogP) is 4.26. The number of aromatic nitrogens is 2. The lowest BCUT2D eigenvalue weighted by Gasteiger charge is -2.13. The zero-order chi connectivity index (χ0) is 19.9. The third kappa shape index (κ3) is 4.72. The van der Waals surface area contributed by atoms with Crippen molar-refractivity contribution in [1.82, 2.24) is 9.55 Å². The van der Waals surface area contributed by atoms with Crippen LogP contribution in [0.25, 0.3) is 10.9 Å². The van der Waals surface area contributed by atoms with Crippen LogP contribution in [0, 0.1) is 5.82 Å². The normalized spacial score (nSPS) is 11.1. The van der Waals surface area contributed by atoms with E-state index in [2.05, 4.69) is 4.98 Å². The number of methoxy groups -OCH3 is 1. The van der Waals surface area contributed by atoms with Crippen molar-refractivity contribution < 1.29 is 13.9 Å². The van der Waals surface area contributed by atoms with Crippen molar-refractivity contribution in [3.8, 4) is 5.75 Å². The van der Waals surface area contributed by atoms with E-state index in [9.17, 15) is 9.18 Å². The van der Waals surface area contributed by atoms with Gasteiger partial charge in [-0.1, -0.05) is 30.0 Å². The summed E-state index contributed by atoms with van der Waals surface area (Å²) in [5.41, 5.74) is 1.40. The summed E-state index contributed by atoms with van der Waals surface area (Å²) in [7, 11) is 1.44. The molecule has 0 N–H and O–H groups in total. The predicted molar refractivity (Wildman–Crippen MR) is 110 cm³/mol. The monoisotopic (exact) mass is 402 g/mol. The van der Waals surface area contributed by atoms with Gasteiger partial charge in [0, 0.05) is 25.5 Å². The summed E-state index contributed by atoms with van der Waals surface area (Å²) in [5.74, 6) is 0.309. The summed E-state index contributed by atoms with van der Waals surface area (Å²) in [4.78, 5) is 17.6. The minimum Gasteiger partial charge on any atom is -0.494 e. The lowest BCUT2D eigenvalue weighted by molar-refractivity contribution is 0.140. The molecular formula is C21H23FN2O3S. The summed E-state index contributed by atoms with van der Waals surface area (Å²) in [6, 6.07) is 12.2. The summed E-state index contributed by atoms with van der Waals surface area (Å²) in [5, 5.41) is 1.22. The van der Waals surface area contributed by atoms with Gasteiger partial charge in [-0.2, -0.15) is 0 Å². The van der Waals surface area contributed by atoms with Crippen LogP contribution in [-0.4, -0.2) is 29.9 Å². The van der Waals surface area contributed by atoms with Gasteiger partial charge in [0.25, 0.3) is 5.56 Å². The summed E-state index contributed by atoms with van der Waals surface area (Å²) in [6.07, 6.45) is 0.721. The van der Waals surface area contributed by atoms with Gasteiger partial charge >= 0.3 is 0 Å². The number of thioether (sulfide) groups is 1. The molecule has 148 valence electrons. The lowest BCUT2D eigenvalue weighted by Crippen LogP contribution is -2.24. The number of hydrogen-bond acceptors (Lipinski definition) is 5. The average Bonchev–Trinajstić information content (AvgIpc) is 2.71. The molecule has 3 rings (SSSR count). The lowest BCUT2D eigenvalue weighted by atomic mass is 10.2. The smallest absolute Gasteiger partial charge is 0.262 e. The first-order valence-corrected chi connectivity index (χ1v) is 10.1. The van der Waals surface area contributed by atoms with E-state index in [4.69, 9.17) is 9.47 Å². The van der Waals surface area contributed by atoms with Gasteiger partial charge in [-0.05, 0) is 43.2 Å². The van der Waals surface area contributed by atoms with Gasteiger partial charge in [-0.25, -0.2) is 9.37 Å². The first-order valence-electron chi connectivity index (χ1n) is 9.16. The van der Waals surface area contributed by atoms with E-state index in [1.165, 1.54) is 24.9 Å². The highest BCUT2D eigenvalue weighted by Gasteiger charge is 2.12. The number of benzene rings is 2. The molecule has 28 heavy (non-hydrogen) atoms. The van der Waals surface area contributed by atoms with Crippen LogP contribution in [-0.2, 0) is 17.0 Å². The first kappa shape index (κ1) is 20.4. The highest BCUT2D eigenvalue weighted by molar-refractivity contribution is 7.98. The zero-order valence-electron chi connectivity index (χ0n) is 16.0. The van der Waals surface area contributed by atoms with E-state index < -0.39 is 5.82 Å². The Labute approximate surface area is 167 Å². The number of nitrogens with zero attached hydrogens (tertiary/aromatic N) is 2. The van der Waals surface area contributed by atoms with Gasteiger partial charge < -0.3 is 9.47 Å². The number of fused-ring (bicyclic) bond motifs is 1. The molecule has 0 aliphatic rings. The van der Waals surface area contributed by atoms with E-state index in [0.29, 0.717) is 41.6 Å². The molecule has 5 nitrogen and oxygen atoms in total. The van der Waals surface area contributed by atoms with Crippen LogP contribution in [0.15, 0.2) is 52.4 Å². The van der Waals surface area contributed by atoms with E-state index in [1.807, 2.05) is 31.2 Å². The zero-order valence-corrected chi connectivity index (χ0v) is 16.8. The minimum atomic E-state index is -0.402. The van der Waals surface area contributed by atoms with Gasteiger partial charge in [-0.15, -0.1) is 0 Å². The second kappa shape index (κ2) is 9.71. The molecule has 0 amide bonds. The molecule has 1 heterocycles. The van der Waals surface area contributed by atoms with Crippen molar-refractivity contribution >= 4 is 22.7 Å². The first-order chi connectivity index (χ1) is 13.6. The fraction of sp³-hybridized carbons (Fsp3) is 0.333. The van der Waals surface area contributed by atoms with Crippen molar-refractivity contribution in [2.75, 3.05) is 20.3 Å². The van der Waals surface area contributed by atoms with E-state index in [-0.39, 0.29) is 11.3 Å². The number of para-hydroxylation sites is 1. The van der Waals surface area contributed by atoms with Crippen molar-refractivity contribution in [3.63, 3.8) is 0 Å². The van der Waals surface area contributed by atoms with E-state index in [1.54, 1.807) is 16.7 Å². The quantitative estimate of drug-likeness (QED) is 0.304. The number of ether oxygens (including phenoxy) is 2. The summed E-state index contributed by atoms with van der Waals surface area (Å²) in [6.45, 7) is 3.70. The Morgan fingerprint density at radius 3 is 2.79 bits per heavy atom. The minimum absolute atomic E-state index is 0.0643. The molecule has 2 aromatic carbocycles. The third-order valence-electron chi connectivity index (χ3n) is 4.29. The SMILES string of the molecule is CCOCCCn1c(SCc2ccc(OC)c(F)c2)nc2ccccc2c1=O. The standard InChI is InChI=1S/C21H23FN2O3S/c1-3-27-12-6-11-24-20(25)16-7-4-5-8-18(16)23-21(24)28-14-15-9-10-19(26-2)17(22)13-15/h4-5,7-10,13H,3,6,11-12,14H2,1-2H3. The number of rotatable bonds is 9. The fourth-order valence-electron chi connectivity index (χ4n) is 2.87. The highest BCUT2D eigenvalue weighted by Crippen LogP contribution is 2.25. The van der Waals surface area contributed by atoms with Crippen molar-refractivity contribution in [2.45, 2.75) is 30.8 Å². The van der Waals surface area contributed by atoms with Gasteiger partial charge in [-0.3, -0.25) is 9.36 Å². The second-order valence-corrected chi connectivity index (χ2v) is 7.12. The molecule has 1 aromatic heterocycles. The van der Waals surface area contributed by atoms with Gasteiger partial charge in [0.05, 0.1) is 18.0 Å². The Balaban J connectivity index is 1.87. The van der Waals surface area contributed by atoms with Crippen LogP contribution >= 0.6 is 11.8 Å². The van der Waals surface area contributed by atoms with Crippen LogP contribution in [0.5, 0.6) is 5.75 Å².